The Morgan fingerprint density at radius 1 is 1.35 bits per heavy atom. The molecule has 4 heteroatoms. The fourth-order valence-corrected chi connectivity index (χ4v) is 2.48. The third-order valence-electron chi connectivity index (χ3n) is 3.52. The summed E-state index contributed by atoms with van der Waals surface area (Å²) in [5.74, 6) is -0.284. The highest BCUT2D eigenvalue weighted by molar-refractivity contribution is 5.75. The monoisotopic (exact) mass is 242 g/mol. The Bertz CT molecular complexity index is 225. The smallest absolute Gasteiger partial charge is 0.324 e. The Morgan fingerprint density at radius 2 is 1.94 bits per heavy atom. The minimum atomic E-state index is -0.511. The van der Waals surface area contributed by atoms with Crippen LogP contribution in [0.15, 0.2) is 0 Å². The van der Waals surface area contributed by atoms with Crippen LogP contribution in [0, 0.1) is 0 Å². The van der Waals surface area contributed by atoms with Crippen LogP contribution in [0.4, 0.5) is 0 Å². The summed E-state index contributed by atoms with van der Waals surface area (Å²) in [5.41, 5.74) is 5.83. The first kappa shape index (κ1) is 14.5. The van der Waals surface area contributed by atoms with Crippen LogP contribution in [0.25, 0.3) is 0 Å². The van der Waals surface area contributed by atoms with E-state index in [1.54, 1.807) is 6.92 Å². The van der Waals surface area contributed by atoms with Gasteiger partial charge in [0.15, 0.2) is 0 Å². The van der Waals surface area contributed by atoms with Crippen molar-refractivity contribution in [1.29, 1.82) is 0 Å². The van der Waals surface area contributed by atoms with E-state index in [1.807, 2.05) is 0 Å². The molecule has 0 radical (unpaired) electrons. The van der Waals surface area contributed by atoms with E-state index < -0.39 is 6.04 Å². The summed E-state index contributed by atoms with van der Waals surface area (Å²) in [7, 11) is 2.06. The van der Waals surface area contributed by atoms with Crippen LogP contribution >= 0.6 is 0 Å². The molecule has 1 rings (SSSR count). The van der Waals surface area contributed by atoms with Crippen LogP contribution in [0.2, 0.25) is 0 Å². The second kappa shape index (κ2) is 7.67. The molecule has 0 spiro atoms. The summed E-state index contributed by atoms with van der Waals surface area (Å²) in [4.78, 5) is 13.7. The van der Waals surface area contributed by atoms with Gasteiger partial charge in [-0.3, -0.25) is 4.79 Å². The van der Waals surface area contributed by atoms with Gasteiger partial charge in [0.25, 0.3) is 0 Å². The molecule has 0 amide bonds. The van der Waals surface area contributed by atoms with Gasteiger partial charge in [-0.25, -0.2) is 0 Å². The Morgan fingerprint density at radius 3 is 2.47 bits per heavy atom. The minimum Gasteiger partial charge on any atom is -0.465 e. The highest BCUT2D eigenvalue weighted by atomic mass is 16.5. The average Bonchev–Trinajstić information content (AvgIpc) is 2.57. The minimum absolute atomic E-state index is 0.284. The summed E-state index contributed by atoms with van der Waals surface area (Å²) in [6.07, 6.45) is 7.73. The van der Waals surface area contributed by atoms with Gasteiger partial charge >= 0.3 is 5.97 Å². The molecule has 17 heavy (non-hydrogen) atoms. The van der Waals surface area contributed by atoms with Crippen LogP contribution in [0.5, 0.6) is 0 Å². The maximum Gasteiger partial charge on any atom is 0.324 e. The maximum atomic E-state index is 11.5. The van der Waals surface area contributed by atoms with Gasteiger partial charge in [-0.1, -0.05) is 25.7 Å². The van der Waals surface area contributed by atoms with Crippen molar-refractivity contribution in [3.63, 3.8) is 0 Å². The van der Waals surface area contributed by atoms with Crippen molar-refractivity contribution in [3.05, 3.63) is 0 Å². The van der Waals surface area contributed by atoms with Crippen LogP contribution in [-0.2, 0) is 9.53 Å². The topological polar surface area (TPSA) is 55.6 Å². The van der Waals surface area contributed by atoms with Crippen LogP contribution in [0.1, 0.15) is 45.4 Å². The fraction of sp³-hybridized carbons (Fsp3) is 0.923. The Hall–Kier alpha value is -0.610. The first-order valence-corrected chi connectivity index (χ1v) is 6.77. The lowest BCUT2D eigenvalue weighted by molar-refractivity contribution is -0.145. The zero-order chi connectivity index (χ0) is 12.7. The number of nitrogens with zero attached hydrogens (tertiary/aromatic N) is 1. The van der Waals surface area contributed by atoms with Crippen LogP contribution in [-0.4, -0.2) is 43.2 Å². The molecule has 1 aliphatic carbocycles. The van der Waals surface area contributed by atoms with Gasteiger partial charge in [-0.15, -0.1) is 0 Å². The normalized spacial score (nSPS) is 20.0. The van der Waals surface area contributed by atoms with E-state index in [1.165, 1.54) is 38.5 Å². The molecule has 1 aliphatic rings. The quantitative estimate of drug-likeness (QED) is 0.587. The molecule has 1 saturated carbocycles. The molecule has 1 unspecified atom stereocenters. The number of rotatable bonds is 5. The lowest BCUT2D eigenvalue weighted by Gasteiger charge is -2.28. The molecule has 0 bridgehead atoms. The highest BCUT2D eigenvalue weighted by Crippen LogP contribution is 2.20. The molecule has 0 aromatic rings. The van der Waals surface area contributed by atoms with E-state index in [0.717, 1.165) is 0 Å². The molecule has 4 nitrogen and oxygen atoms in total. The SMILES string of the molecule is CCOC(=O)C(N)CN(C)C1CCCCCC1. The highest BCUT2D eigenvalue weighted by Gasteiger charge is 2.22. The standard InChI is InChI=1S/C13H26N2O2/c1-3-17-13(16)12(14)10-15(2)11-8-6-4-5-7-9-11/h11-12H,3-10,14H2,1-2H3. The molecule has 0 aromatic carbocycles. The zero-order valence-corrected chi connectivity index (χ0v) is 11.2. The van der Waals surface area contributed by atoms with E-state index in [9.17, 15) is 4.79 Å². The zero-order valence-electron chi connectivity index (χ0n) is 11.2. The predicted octanol–water partition coefficient (Wildman–Crippen LogP) is 1.53. The van der Waals surface area contributed by atoms with Gasteiger partial charge in [0.05, 0.1) is 6.61 Å². The second-order valence-corrected chi connectivity index (χ2v) is 4.94. The molecule has 1 fully saturated rings. The van der Waals surface area contributed by atoms with Crippen LogP contribution in [0.3, 0.4) is 0 Å². The lowest BCUT2D eigenvalue weighted by Crippen LogP contribution is -2.45. The largest absolute Gasteiger partial charge is 0.465 e. The fourth-order valence-electron chi connectivity index (χ4n) is 2.48. The second-order valence-electron chi connectivity index (χ2n) is 4.94. The van der Waals surface area contributed by atoms with E-state index in [0.29, 0.717) is 19.2 Å². The van der Waals surface area contributed by atoms with Gasteiger partial charge in [-0.2, -0.15) is 0 Å². The summed E-state index contributed by atoms with van der Waals surface area (Å²) in [6, 6.07) is 0.0705. The van der Waals surface area contributed by atoms with Gasteiger partial charge in [0.1, 0.15) is 6.04 Å². The molecular formula is C13H26N2O2. The van der Waals surface area contributed by atoms with E-state index in [4.69, 9.17) is 10.5 Å². The van der Waals surface area contributed by atoms with Crippen molar-refractivity contribution in [2.75, 3.05) is 20.2 Å². The van der Waals surface area contributed by atoms with Crippen molar-refractivity contribution in [2.24, 2.45) is 5.73 Å². The number of esters is 1. The molecule has 1 atom stereocenters. The van der Waals surface area contributed by atoms with Crippen molar-refractivity contribution in [1.82, 2.24) is 4.90 Å². The number of ether oxygens (including phenoxy) is 1. The Balaban J connectivity index is 2.35. The van der Waals surface area contributed by atoms with Gasteiger partial charge in [0, 0.05) is 12.6 Å². The number of carbonyl (C=O) groups is 1. The number of nitrogens with two attached hydrogens (primary N) is 1. The molecule has 2 N–H and O–H groups in total. The summed E-state index contributed by atoms with van der Waals surface area (Å²) in [5, 5.41) is 0. The van der Waals surface area contributed by atoms with Gasteiger partial charge in [-0.05, 0) is 26.8 Å². The maximum absolute atomic E-state index is 11.5. The molecule has 0 aromatic heterocycles. The molecule has 0 heterocycles. The molecular weight excluding hydrogens is 216 g/mol. The van der Waals surface area contributed by atoms with Crippen LogP contribution < -0.4 is 5.73 Å². The van der Waals surface area contributed by atoms with Crippen molar-refractivity contribution < 1.29 is 9.53 Å². The Kier molecular flexibility index (Phi) is 6.52. The Labute approximate surface area is 104 Å². The summed E-state index contributed by atoms with van der Waals surface area (Å²) < 4.78 is 4.93. The molecule has 0 aliphatic heterocycles. The lowest BCUT2D eigenvalue weighted by atomic mass is 10.1. The van der Waals surface area contributed by atoms with E-state index in [2.05, 4.69) is 11.9 Å². The molecule has 100 valence electrons. The van der Waals surface area contributed by atoms with Crippen molar-refractivity contribution >= 4 is 5.97 Å². The molecule has 0 saturated heterocycles. The number of carbonyl (C=O) groups excluding carboxylic acids is 1. The first-order valence-electron chi connectivity index (χ1n) is 6.77. The van der Waals surface area contributed by atoms with Gasteiger partial charge < -0.3 is 15.4 Å². The number of hydrogen-bond acceptors (Lipinski definition) is 4. The third-order valence-corrected chi connectivity index (χ3v) is 3.52. The van der Waals surface area contributed by atoms with Crippen molar-refractivity contribution in [2.45, 2.75) is 57.5 Å². The predicted molar refractivity (Wildman–Crippen MR) is 68.7 cm³/mol. The summed E-state index contributed by atoms with van der Waals surface area (Å²) in [6.45, 7) is 2.81. The number of hydrogen-bond donors (Lipinski definition) is 1. The third kappa shape index (κ3) is 5.04. The number of likely N-dealkylation sites (N-methyl/N-ethyl adjacent to an activating group) is 1. The summed E-state index contributed by atoms with van der Waals surface area (Å²) >= 11 is 0. The first-order chi connectivity index (χ1) is 8.15. The van der Waals surface area contributed by atoms with Crippen molar-refractivity contribution in [3.8, 4) is 0 Å². The van der Waals surface area contributed by atoms with E-state index in [-0.39, 0.29) is 5.97 Å². The van der Waals surface area contributed by atoms with E-state index >= 15 is 0 Å². The average molecular weight is 242 g/mol. The van der Waals surface area contributed by atoms with Gasteiger partial charge in [0.2, 0.25) is 0 Å².